The number of H-pyrrole nitrogens is 1. The number of nitrogens with zero attached hydrogens (tertiary/aromatic N) is 1. The number of hydrogen-bond donors (Lipinski definition) is 1. The summed E-state index contributed by atoms with van der Waals surface area (Å²) in [5.41, 5.74) is 1.66. The number of nitrogens with one attached hydrogen (secondary N) is 1. The molecule has 0 spiro atoms. The zero-order valence-electron chi connectivity index (χ0n) is 9.82. The van der Waals surface area contributed by atoms with Crippen LogP contribution in [0.1, 0.15) is 24.2 Å². The first-order valence-corrected chi connectivity index (χ1v) is 6.80. The van der Waals surface area contributed by atoms with Gasteiger partial charge in [-0.2, -0.15) is 0 Å². The second-order valence-corrected chi connectivity index (χ2v) is 5.42. The largest absolute Gasteiger partial charge is 0.339 e. The summed E-state index contributed by atoms with van der Waals surface area (Å²) in [5, 5.41) is 0. The average Bonchev–Trinajstić information content (AvgIpc) is 2.69. The van der Waals surface area contributed by atoms with Crippen LogP contribution in [0, 0.1) is 3.95 Å². The number of rotatable bonds is 3. The molecule has 0 aliphatic carbocycles. The van der Waals surface area contributed by atoms with Gasteiger partial charge in [0, 0.05) is 18.7 Å². The fourth-order valence-corrected chi connectivity index (χ4v) is 2.87. The predicted molar refractivity (Wildman–Crippen MR) is 74.3 cm³/mol. The Hall–Kier alpha value is -1.20. The van der Waals surface area contributed by atoms with E-state index in [1.54, 1.807) is 0 Å². The zero-order chi connectivity index (χ0) is 12.4. The van der Waals surface area contributed by atoms with Crippen LogP contribution >= 0.6 is 23.6 Å². The molecule has 1 aromatic heterocycles. The van der Waals surface area contributed by atoms with Crippen molar-refractivity contribution in [1.29, 1.82) is 0 Å². The molecule has 1 N–H and O–H groups in total. The monoisotopic (exact) mass is 266 g/mol. The van der Waals surface area contributed by atoms with Gasteiger partial charge in [0.15, 0.2) is 3.95 Å². The van der Waals surface area contributed by atoms with E-state index in [1.807, 2.05) is 36.9 Å². The summed E-state index contributed by atoms with van der Waals surface area (Å²) < 4.78 is 1.83. The van der Waals surface area contributed by atoms with Crippen molar-refractivity contribution in [3.63, 3.8) is 0 Å². The Kier molecular flexibility index (Phi) is 3.59. The summed E-state index contributed by atoms with van der Waals surface area (Å²) in [6, 6.07) is 5.69. The summed E-state index contributed by atoms with van der Waals surface area (Å²) >= 11 is 6.61. The van der Waals surface area contributed by atoms with Crippen LogP contribution in [0.3, 0.4) is 0 Å². The predicted octanol–water partition coefficient (Wildman–Crippen LogP) is 3.44. The highest BCUT2D eigenvalue weighted by Crippen LogP contribution is 2.21. The Labute approximate surface area is 109 Å². The lowest BCUT2D eigenvalue weighted by molar-refractivity contribution is 0.0773. The van der Waals surface area contributed by atoms with Crippen LogP contribution in [0.4, 0.5) is 0 Å². The second kappa shape index (κ2) is 4.98. The Balaban J connectivity index is 2.42. The molecule has 2 rings (SSSR count). The lowest BCUT2D eigenvalue weighted by Gasteiger charge is -2.18. The summed E-state index contributed by atoms with van der Waals surface area (Å²) in [6.45, 7) is 5.43. The Bertz CT molecular complexity index is 596. The van der Waals surface area contributed by atoms with Crippen molar-refractivity contribution >= 4 is 39.7 Å². The Morgan fingerprint density at radius 3 is 2.76 bits per heavy atom. The van der Waals surface area contributed by atoms with Gasteiger partial charge in [-0.3, -0.25) is 4.79 Å². The standard InChI is InChI=1S/C12H14N2OS2/c1-3-14(4-2)11(15)8-5-6-10-9(7-8)13-12(16)17-10/h5-7H,3-4H2,1-2H3,(H,13,16). The van der Waals surface area contributed by atoms with Gasteiger partial charge < -0.3 is 9.88 Å². The number of benzene rings is 1. The SMILES string of the molecule is CCN(CC)C(=O)c1ccc2sc(=S)[nH]c2c1. The maximum absolute atomic E-state index is 12.1. The molecule has 90 valence electrons. The molecule has 0 fully saturated rings. The van der Waals surface area contributed by atoms with Crippen molar-refractivity contribution in [3.8, 4) is 0 Å². The first-order valence-electron chi connectivity index (χ1n) is 5.57. The van der Waals surface area contributed by atoms with Gasteiger partial charge in [-0.1, -0.05) is 0 Å². The van der Waals surface area contributed by atoms with Crippen molar-refractivity contribution in [1.82, 2.24) is 9.88 Å². The molecule has 0 aliphatic rings. The number of carbonyl (C=O) groups is 1. The second-order valence-electron chi connectivity index (χ2n) is 3.70. The fraction of sp³-hybridized carbons (Fsp3) is 0.333. The molecule has 0 radical (unpaired) electrons. The molecule has 5 heteroatoms. The molecular formula is C12H14N2OS2. The fourth-order valence-electron chi connectivity index (χ4n) is 1.78. The number of aromatic nitrogens is 1. The maximum atomic E-state index is 12.1. The molecule has 0 aliphatic heterocycles. The summed E-state index contributed by atoms with van der Waals surface area (Å²) in [5.74, 6) is 0.0717. The highest BCUT2D eigenvalue weighted by atomic mass is 32.1. The van der Waals surface area contributed by atoms with Gasteiger partial charge in [-0.25, -0.2) is 0 Å². The van der Waals surface area contributed by atoms with Crippen LogP contribution < -0.4 is 0 Å². The molecule has 3 nitrogen and oxygen atoms in total. The highest BCUT2D eigenvalue weighted by molar-refractivity contribution is 7.73. The van der Waals surface area contributed by atoms with Crippen molar-refractivity contribution < 1.29 is 4.79 Å². The van der Waals surface area contributed by atoms with Crippen LogP contribution in [0.5, 0.6) is 0 Å². The van der Waals surface area contributed by atoms with Crippen LogP contribution in [0.25, 0.3) is 10.2 Å². The van der Waals surface area contributed by atoms with Crippen LogP contribution in [0.2, 0.25) is 0 Å². The quantitative estimate of drug-likeness (QED) is 0.864. The normalized spacial score (nSPS) is 10.7. The zero-order valence-corrected chi connectivity index (χ0v) is 11.5. The van der Waals surface area contributed by atoms with Gasteiger partial charge in [0.2, 0.25) is 0 Å². The van der Waals surface area contributed by atoms with Crippen molar-refractivity contribution in [2.24, 2.45) is 0 Å². The third-order valence-corrected chi connectivity index (χ3v) is 3.93. The minimum absolute atomic E-state index is 0.0717. The van der Waals surface area contributed by atoms with Gasteiger partial charge in [0.1, 0.15) is 0 Å². The summed E-state index contributed by atoms with van der Waals surface area (Å²) in [6.07, 6.45) is 0. The molecule has 1 aromatic carbocycles. The number of thiazole rings is 1. The average molecular weight is 266 g/mol. The van der Waals surface area contributed by atoms with Crippen molar-refractivity contribution in [2.75, 3.05) is 13.1 Å². The molecule has 0 unspecified atom stereocenters. The van der Waals surface area contributed by atoms with E-state index >= 15 is 0 Å². The van der Waals surface area contributed by atoms with Crippen LogP contribution in [0.15, 0.2) is 18.2 Å². The third-order valence-electron chi connectivity index (χ3n) is 2.72. The lowest BCUT2D eigenvalue weighted by atomic mass is 10.2. The smallest absolute Gasteiger partial charge is 0.253 e. The molecule has 0 saturated carbocycles. The number of carbonyl (C=O) groups excluding carboxylic acids is 1. The van der Waals surface area contributed by atoms with E-state index in [1.165, 1.54) is 11.3 Å². The molecule has 2 aromatic rings. The van der Waals surface area contributed by atoms with E-state index in [0.29, 0.717) is 5.56 Å². The first-order chi connectivity index (χ1) is 8.15. The Morgan fingerprint density at radius 1 is 1.41 bits per heavy atom. The summed E-state index contributed by atoms with van der Waals surface area (Å²) in [7, 11) is 0. The molecule has 1 heterocycles. The minimum Gasteiger partial charge on any atom is -0.339 e. The molecule has 0 atom stereocenters. The maximum Gasteiger partial charge on any atom is 0.253 e. The third kappa shape index (κ3) is 2.40. The molecule has 17 heavy (non-hydrogen) atoms. The van der Waals surface area contributed by atoms with E-state index in [9.17, 15) is 4.79 Å². The van der Waals surface area contributed by atoms with Crippen molar-refractivity contribution in [2.45, 2.75) is 13.8 Å². The van der Waals surface area contributed by atoms with Crippen molar-refractivity contribution in [3.05, 3.63) is 27.7 Å². The van der Waals surface area contributed by atoms with E-state index < -0.39 is 0 Å². The van der Waals surface area contributed by atoms with Gasteiger partial charge in [-0.05, 0) is 44.3 Å². The van der Waals surface area contributed by atoms with Gasteiger partial charge in [-0.15, -0.1) is 11.3 Å². The van der Waals surface area contributed by atoms with E-state index in [-0.39, 0.29) is 5.91 Å². The van der Waals surface area contributed by atoms with Gasteiger partial charge in [0.05, 0.1) is 10.2 Å². The number of amides is 1. The van der Waals surface area contributed by atoms with Gasteiger partial charge in [0.25, 0.3) is 5.91 Å². The molecule has 1 amide bonds. The molecular weight excluding hydrogens is 252 g/mol. The molecule has 0 bridgehead atoms. The number of hydrogen-bond acceptors (Lipinski definition) is 3. The Morgan fingerprint density at radius 2 is 2.12 bits per heavy atom. The first kappa shape index (κ1) is 12.3. The van der Waals surface area contributed by atoms with E-state index in [2.05, 4.69) is 4.98 Å². The van der Waals surface area contributed by atoms with Crippen LogP contribution in [-0.2, 0) is 0 Å². The van der Waals surface area contributed by atoms with E-state index in [0.717, 1.165) is 27.3 Å². The number of aromatic amines is 1. The summed E-state index contributed by atoms with van der Waals surface area (Å²) in [4.78, 5) is 17.0. The minimum atomic E-state index is 0.0717. The topological polar surface area (TPSA) is 36.1 Å². The highest BCUT2D eigenvalue weighted by Gasteiger charge is 2.12. The lowest BCUT2D eigenvalue weighted by Crippen LogP contribution is -2.30. The van der Waals surface area contributed by atoms with Crippen LogP contribution in [-0.4, -0.2) is 28.9 Å². The van der Waals surface area contributed by atoms with E-state index in [4.69, 9.17) is 12.2 Å². The number of fused-ring (bicyclic) bond motifs is 1. The molecule has 0 saturated heterocycles. The van der Waals surface area contributed by atoms with Gasteiger partial charge >= 0.3 is 0 Å².